The Labute approximate surface area is 117 Å². The predicted octanol–water partition coefficient (Wildman–Crippen LogP) is 3.99. The van der Waals surface area contributed by atoms with Crippen molar-refractivity contribution in [2.45, 2.75) is 48.9 Å². The summed E-state index contributed by atoms with van der Waals surface area (Å²) in [4.78, 5) is 9.84. The number of nitro groups is 1. The van der Waals surface area contributed by atoms with Gasteiger partial charge in [0.1, 0.15) is 0 Å². The molecule has 0 aliphatic carbocycles. The average molecular weight is 307 g/mol. The van der Waals surface area contributed by atoms with Crippen molar-refractivity contribution in [3.05, 3.63) is 10.1 Å². The largest absolute Gasteiger partial charge is 0.367 e. The summed E-state index contributed by atoms with van der Waals surface area (Å²) >= 11 is 16.8. The van der Waals surface area contributed by atoms with Gasteiger partial charge in [-0.15, -0.1) is 0 Å². The molecule has 0 aromatic carbocycles. The monoisotopic (exact) mass is 305 g/mol. The van der Waals surface area contributed by atoms with Crippen LogP contribution in [0, 0.1) is 10.1 Å². The van der Waals surface area contributed by atoms with Crippen LogP contribution in [0.15, 0.2) is 0 Å². The Hall–Kier alpha value is 0.230. The number of nitrogens with zero attached hydrogens (tertiary/aromatic N) is 1. The molecule has 0 aromatic rings. The molecule has 0 heterocycles. The maximum Gasteiger partial charge on any atom is 0.233 e. The minimum Gasteiger partial charge on any atom is -0.367 e. The Morgan fingerprint density at radius 2 is 1.82 bits per heavy atom. The quantitative estimate of drug-likeness (QED) is 0.280. The first-order chi connectivity index (χ1) is 7.88. The van der Waals surface area contributed by atoms with E-state index >= 15 is 0 Å². The summed E-state index contributed by atoms with van der Waals surface area (Å²) in [5.74, 6) is 0. The second kappa shape index (κ2) is 9.20. The third kappa shape index (κ3) is 9.89. The standard InChI is InChI=1S/C10H18Cl3NO3/c1-2-3-4-5-6-7-17-9(8-14(15)16)10(11,12)13/h9H,2-8H2,1H3. The highest BCUT2D eigenvalue weighted by molar-refractivity contribution is 6.68. The molecule has 0 aliphatic rings. The molecule has 17 heavy (non-hydrogen) atoms. The first-order valence-corrected chi connectivity index (χ1v) is 6.81. The van der Waals surface area contributed by atoms with E-state index < -0.39 is 21.4 Å². The van der Waals surface area contributed by atoms with Crippen LogP contribution < -0.4 is 0 Å². The lowest BCUT2D eigenvalue weighted by Gasteiger charge is -2.21. The molecule has 0 saturated heterocycles. The fourth-order valence-electron chi connectivity index (χ4n) is 1.32. The number of alkyl halides is 3. The van der Waals surface area contributed by atoms with Gasteiger partial charge in [0.05, 0.1) is 0 Å². The summed E-state index contributed by atoms with van der Waals surface area (Å²) in [6.07, 6.45) is 4.34. The van der Waals surface area contributed by atoms with Gasteiger partial charge in [0, 0.05) is 11.5 Å². The Kier molecular flexibility index (Phi) is 9.32. The lowest BCUT2D eigenvalue weighted by Crippen LogP contribution is -2.35. The third-order valence-electron chi connectivity index (χ3n) is 2.25. The molecule has 0 saturated carbocycles. The van der Waals surface area contributed by atoms with Gasteiger partial charge >= 0.3 is 0 Å². The summed E-state index contributed by atoms with van der Waals surface area (Å²) < 4.78 is 3.51. The van der Waals surface area contributed by atoms with Crippen LogP contribution in [0.1, 0.15) is 39.0 Å². The molecule has 102 valence electrons. The van der Waals surface area contributed by atoms with E-state index in [1.54, 1.807) is 0 Å². The van der Waals surface area contributed by atoms with E-state index in [1.165, 1.54) is 12.8 Å². The Balaban J connectivity index is 3.81. The van der Waals surface area contributed by atoms with Gasteiger partial charge in [-0.25, -0.2) is 0 Å². The fraction of sp³-hybridized carbons (Fsp3) is 1.00. The molecule has 1 atom stereocenters. The molecule has 1 unspecified atom stereocenters. The molecule has 0 aromatic heterocycles. The summed E-state index contributed by atoms with van der Waals surface area (Å²) in [7, 11) is 0. The van der Waals surface area contributed by atoms with Crippen LogP contribution in [-0.4, -0.2) is 28.0 Å². The molecule has 0 spiro atoms. The van der Waals surface area contributed by atoms with Gasteiger partial charge in [0.2, 0.25) is 10.3 Å². The Morgan fingerprint density at radius 1 is 1.24 bits per heavy atom. The minimum atomic E-state index is -1.75. The van der Waals surface area contributed by atoms with E-state index in [2.05, 4.69) is 6.92 Å². The molecule has 0 amide bonds. The van der Waals surface area contributed by atoms with Crippen molar-refractivity contribution in [3.63, 3.8) is 0 Å². The molecule has 0 radical (unpaired) electrons. The zero-order valence-electron chi connectivity index (χ0n) is 9.83. The Bertz CT molecular complexity index is 221. The normalized spacial score (nSPS) is 13.6. The number of hydrogen-bond acceptors (Lipinski definition) is 3. The highest BCUT2D eigenvalue weighted by Gasteiger charge is 2.37. The van der Waals surface area contributed by atoms with Gasteiger partial charge in [-0.1, -0.05) is 67.4 Å². The second-order valence-electron chi connectivity index (χ2n) is 3.83. The number of rotatable bonds is 9. The van der Waals surface area contributed by atoms with Crippen molar-refractivity contribution in [3.8, 4) is 0 Å². The summed E-state index contributed by atoms with van der Waals surface area (Å²) in [5, 5.41) is 10.4. The number of hydrogen-bond donors (Lipinski definition) is 0. The van der Waals surface area contributed by atoms with Crippen LogP contribution in [0.5, 0.6) is 0 Å². The average Bonchev–Trinajstić information content (AvgIpc) is 2.19. The van der Waals surface area contributed by atoms with Crippen molar-refractivity contribution >= 4 is 34.8 Å². The van der Waals surface area contributed by atoms with Gasteiger partial charge in [-0.05, 0) is 6.42 Å². The summed E-state index contributed by atoms with van der Waals surface area (Å²) in [6.45, 7) is 2.02. The third-order valence-corrected chi connectivity index (χ3v) is 2.98. The van der Waals surface area contributed by atoms with Gasteiger partial charge in [0.15, 0.2) is 6.10 Å². The molecule has 4 nitrogen and oxygen atoms in total. The first-order valence-electron chi connectivity index (χ1n) is 5.68. The lowest BCUT2D eigenvalue weighted by molar-refractivity contribution is -0.491. The Morgan fingerprint density at radius 3 is 2.29 bits per heavy atom. The minimum absolute atomic E-state index is 0.385. The maximum atomic E-state index is 10.4. The lowest BCUT2D eigenvalue weighted by atomic mass is 10.2. The van der Waals surface area contributed by atoms with Crippen molar-refractivity contribution in [2.24, 2.45) is 0 Å². The summed E-state index contributed by atoms with van der Waals surface area (Å²) in [5.41, 5.74) is 0. The molecule has 7 heteroatoms. The second-order valence-corrected chi connectivity index (χ2v) is 6.20. The van der Waals surface area contributed by atoms with Gasteiger partial charge in [0.25, 0.3) is 0 Å². The highest BCUT2D eigenvalue weighted by atomic mass is 35.6. The van der Waals surface area contributed by atoms with E-state index in [1.807, 2.05) is 0 Å². The molecule has 0 aliphatic heterocycles. The van der Waals surface area contributed by atoms with Crippen LogP contribution in [0.3, 0.4) is 0 Å². The molecular weight excluding hydrogens is 288 g/mol. The van der Waals surface area contributed by atoms with Gasteiger partial charge in [-0.3, -0.25) is 10.1 Å². The van der Waals surface area contributed by atoms with Crippen LogP contribution in [-0.2, 0) is 4.74 Å². The van der Waals surface area contributed by atoms with E-state index in [0.29, 0.717) is 6.61 Å². The predicted molar refractivity (Wildman–Crippen MR) is 70.7 cm³/mol. The first kappa shape index (κ1) is 17.2. The molecule has 0 bridgehead atoms. The smallest absolute Gasteiger partial charge is 0.233 e. The van der Waals surface area contributed by atoms with Crippen LogP contribution in [0.4, 0.5) is 0 Å². The van der Waals surface area contributed by atoms with E-state index in [4.69, 9.17) is 39.5 Å². The number of halogens is 3. The van der Waals surface area contributed by atoms with E-state index in [0.717, 1.165) is 19.3 Å². The number of unbranched alkanes of at least 4 members (excludes halogenated alkanes) is 4. The fourth-order valence-corrected chi connectivity index (χ4v) is 1.71. The van der Waals surface area contributed by atoms with Crippen molar-refractivity contribution in [1.82, 2.24) is 0 Å². The molecular formula is C10H18Cl3NO3. The van der Waals surface area contributed by atoms with Crippen LogP contribution in [0.25, 0.3) is 0 Å². The van der Waals surface area contributed by atoms with E-state index in [9.17, 15) is 10.1 Å². The molecule has 0 rings (SSSR count). The maximum absolute atomic E-state index is 10.4. The zero-order chi connectivity index (χ0) is 13.3. The van der Waals surface area contributed by atoms with Gasteiger partial charge < -0.3 is 4.74 Å². The molecule has 0 fully saturated rings. The molecule has 0 N–H and O–H groups in total. The van der Waals surface area contributed by atoms with Crippen molar-refractivity contribution in [2.75, 3.05) is 13.2 Å². The number of ether oxygens (including phenoxy) is 1. The topological polar surface area (TPSA) is 52.4 Å². The van der Waals surface area contributed by atoms with E-state index in [-0.39, 0.29) is 0 Å². The highest BCUT2D eigenvalue weighted by Crippen LogP contribution is 2.32. The SMILES string of the molecule is CCCCCCCOC(C[N+](=O)[O-])C(Cl)(Cl)Cl. The van der Waals surface area contributed by atoms with Crippen LogP contribution in [0.2, 0.25) is 0 Å². The van der Waals surface area contributed by atoms with Gasteiger partial charge in [-0.2, -0.15) is 0 Å². The zero-order valence-corrected chi connectivity index (χ0v) is 12.1. The van der Waals surface area contributed by atoms with Crippen molar-refractivity contribution < 1.29 is 9.66 Å². The summed E-state index contributed by atoms with van der Waals surface area (Å²) in [6, 6.07) is 0. The van der Waals surface area contributed by atoms with Crippen molar-refractivity contribution in [1.29, 1.82) is 0 Å². The van der Waals surface area contributed by atoms with Crippen LogP contribution >= 0.6 is 34.8 Å².